The number of carbonyl (C=O) groups is 2. The van der Waals surface area contributed by atoms with Crippen molar-refractivity contribution in [3.8, 4) is 5.75 Å². The molecule has 0 spiro atoms. The van der Waals surface area contributed by atoms with Crippen LogP contribution in [0.25, 0.3) is 0 Å². The Morgan fingerprint density at radius 3 is 2.66 bits per heavy atom. The minimum atomic E-state index is -0.969. The van der Waals surface area contributed by atoms with Gasteiger partial charge in [0.05, 0.1) is 12.1 Å². The van der Waals surface area contributed by atoms with E-state index in [-0.39, 0.29) is 29.7 Å². The van der Waals surface area contributed by atoms with Gasteiger partial charge >= 0.3 is 0 Å². The van der Waals surface area contributed by atoms with Gasteiger partial charge in [-0.15, -0.1) is 0 Å². The van der Waals surface area contributed by atoms with Crippen LogP contribution in [0.3, 0.4) is 0 Å². The van der Waals surface area contributed by atoms with E-state index in [1.165, 1.54) is 21.8 Å². The maximum absolute atomic E-state index is 14.0. The Labute approximate surface area is 203 Å². The Bertz CT molecular complexity index is 1460. The summed E-state index contributed by atoms with van der Waals surface area (Å²) >= 11 is 6.16. The molecule has 0 radical (unpaired) electrons. The van der Waals surface area contributed by atoms with Gasteiger partial charge in [-0.2, -0.15) is 0 Å². The molecule has 0 saturated heterocycles. The first-order valence-electron chi connectivity index (χ1n) is 11.0. The van der Waals surface area contributed by atoms with Crippen LogP contribution < -0.4 is 10.4 Å². The first-order chi connectivity index (χ1) is 16.7. The average Bonchev–Trinajstić information content (AvgIpc) is 3.18. The van der Waals surface area contributed by atoms with Gasteiger partial charge in [0.1, 0.15) is 17.8 Å². The number of rotatable bonds is 5. The third-order valence-corrected chi connectivity index (χ3v) is 6.71. The van der Waals surface area contributed by atoms with Gasteiger partial charge in [0.25, 0.3) is 5.91 Å². The zero-order valence-corrected chi connectivity index (χ0v) is 19.4. The van der Waals surface area contributed by atoms with Gasteiger partial charge in [0, 0.05) is 35.8 Å². The second-order valence-corrected chi connectivity index (χ2v) is 8.91. The molecule has 0 bridgehead atoms. The van der Waals surface area contributed by atoms with Crippen molar-refractivity contribution >= 4 is 23.3 Å². The van der Waals surface area contributed by atoms with E-state index >= 15 is 0 Å². The van der Waals surface area contributed by atoms with E-state index in [1.807, 2.05) is 6.07 Å². The molecular formula is C25H20ClF2N3O4. The zero-order chi connectivity index (χ0) is 25.0. The quantitative estimate of drug-likeness (QED) is 0.538. The number of nitrogens with zero attached hydrogens (tertiary/aromatic N) is 3. The van der Waals surface area contributed by atoms with E-state index in [0.29, 0.717) is 18.1 Å². The van der Waals surface area contributed by atoms with Gasteiger partial charge in [0.2, 0.25) is 5.43 Å². The average molecular weight is 500 g/mol. The highest BCUT2D eigenvalue weighted by molar-refractivity contribution is 6.30. The molecule has 2 aromatic carbocycles. The van der Waals surface area contributed by atoms with Crippen LogP contribution >= 0.6 is 11.6 Å². The molecule has 1 atom stereocenters. The summed E-state index contributed by atoms with van der Waals surface area (Å²) in [5.41, 5.74) is 0.339. The molecule has 5 rings (SSSR count). The third kappa shape index (κ3) is 3.67. The molecule has 3 aromatic rings. The number of benzene rings is 2. The summed E-state index contributed by atoms with van der Waals surface area (Å²) in [6, 6.07) is 8.40. The number of halogens is 3. The van der Waals surface area contributed by atoms with Gasteiger partial charge < -0.3 is 10.0 Å². The Balaban J connectivity index is 1.55. The van der Waals surface area contributed by atoms with Crippen LogP contribution in [0.1, 0.15) is 57.0 Å². The molecule has 1 N–H and O–H groups in total. The molecule has 0 unspecified atom stereocenters. The summed E-state index contributed by atoms with van der Waals surface area (Å²) in [6.45, 7) is 2.44. The van der Waals surface area contributed by atoms with Crippen LogP contribution in [0.4, 0.5) is 8.78 Å². The Morgan fingerprint density at radius 1 is 1.17 bits per heavy atom. The van der Waals surface area contributed by atoms with Crippen molar-refractivity contribution in [1.29, 1.82) is 0 Å². The summed E-state index contributed by atoms with van der Waals surface area (Å²) in [7, 11) is 0. The van der Waals surface area contributed by atoms with Crippen LogP contribution in [0.15, 0.2) is 47.4 Å². The van der Waals surface area contributed by atoms with Gasteiger partial charge in [0.15, 0.2) is 17.2 Å². The molecule has 10 heteroatoms. The highest BCUT2D eigenvalue weighted by atomic mass is 35.5. The number of ketones is 1. The number of Topliss-reactive ketones (excluding diaryl/α,β-unsaturated/α-hetero) is 1. The Morgan fingerprint density at radius 2 is 1.94 bits per heavy atom. The minimum absolute atomic E-state index is 0.0638. The molecule has 3 heterocycles. The number of pyridine rings is 1. The first-order valence-corrected chi connectivity index (χ1v) is 11.4. The molecule has 0 aliphatic carbocycles. The second kappa shape index (κ2) is 8.49. The van der Waals surface area contributed by atoms with Crippen LogP contribution in [-0.2, 0) is 13.0 Å². The number of hydrogen-bond acceptors (Lipinski definition) is 5. The standard InChI is InChI=1S/C25H20ClF2N3O4/c1-2-29-24-17-7-5-15(26)9-14(17)11-31(24)30-12-18(22(33)23(34)21(30)25(29)35)20(32)8-4-13-3-6-16(27)10-19(13)28/h3,5-7,9-10,12,24,34H,2,4,8,11H2,1H3/t24-/m0/s1. The predicted molar refractivity (Wildman–Crippen MR) is 124 cm³/mol. The van der Waals surface area contributed by atoms with Crippen molar-refractivity contribution in [2.45, 2.75) is 32.5 Å². The Hall–Kier alpha value is -3.72. The maximum Gasteiger partial charge on any atom is 0.278 e. The monoisotopic (exact) mass is 499 g/mol. The maximum atomic E-state index is 14.0. The van der Waals surface area contributed by atoms with E-state index in [2.05, 4.69) is 0 Å². The molecule has 7 nitrogen and oxygen atoms in total. The van der Waals surface area contributed by atoms with Crippen molar-refractivity contribution in [3.05, 3.63) is 97.4 Å². The number of hydrogen-bond donors (Lipinski definition) is 1. The highest BCUT2D eigenvalue weighted by Gasteiger charge is 2.44. The summed E-state index contributed by atoms with van der Waals surface area (Å²) in [5, 5.41) is 13.0. The fraction of sp³-hybridized carbons (Fsp3) is 0.240. The first kappa shape index (κ1) is 23.0. The van der Waals surface area contributed by atoms with Crippen LogP contribution in [0.5, 0.6) is 5.75 Å². The fourth-order valence-electron chi connectivity index (χ4n) is 4.77. The zero-order valence-electron chi connectivity index (χ0n) is 18.6. The van der Waals surface area contributed by atoms with Gasteiger partial charge in [-0.25, -0.2) is 8.78 Å². The van der Waals surface area contributed by atoms with E-state index in [0.717, 1.165) is 23.3 Å². The molecule has 0 fully saturated rings. The molecule has 35 heavy (non-hydrogen) atoms. The molecule has 1 aromatic heterocycles. The van der Waals surface area contributed by atoms with Crippen molar-refractivity contribution in [3.63, 3.8) is 0 Å². The SMILES string of the molecule is CCN1C(=O)c2c(O)c(=O)c(C(=O)CCc3ccc(F)cc3F)cn2N2Cc3cc(Cl)ccc3[C@@H]12. The van der Waals surface area contributed by atoms with Crippen molar-refractivity contribution in [2.75, 3.05) is 11.6 Å². The van der Waals surface area contributed by atoms with Gasteiger partial charge in [-0.3, -0.25) is 24.1 Å². The van der Waals surface area contributed by atoms with Crippen LogP contribution in [0.2, 0.25) is 5.02 Å². The molecule has 2 aliphatic heterocycles. The number of fused-ring (bicyclic) bond motifs is 5. The minimum Gasteiger partial charge on any atom is -0.502 e. The number of aromatic hydroxyl groups is 1. The van der Waals surface area contributed by atoms with Crippen LogP contribution in [0, 0.1) is 11.6 Å². The fourth-order valence-corrected chi connectivity index (χ4v) is 4.96. The normalized spacial score (nSPS) is 16.2. The number of aryl methyl sites for hydroxylation is 1. The lowest BCUT2D eigenvalue weighted by Crippen LogP contribution is -2.53. The van der Waals surface area contributed by atoms with Crippen LogP contribution in [-0.4, -0.2) is 32.9 Å². The van der Waals surface area contributed by atoms with Crippen molar-refractivity contribution in [2.24, 2.45) is 0 Å². The van der Waals surface area contributed by atoms with Gasteiger partial charge in [-0.1, -0.05) is 23.7 Å². The smallest absolute Gasteiger partial charge is 0.278 e. The highest BCUT2D eigenvalue weighted by Crippen LogP contribution is 2.41. The van der Waals surface area contributed by atoms with E-state index in [1.54, 1.807) is 24.1 Å². The van der Waals surface area contributed by atoms with E-state index < -0.39 is 40.7 Å². The van der Waals surface area contributed by atoms with Crippen molar-refractivity contribution < 1.29 is 23.5 Å². The van der Waals surface area contributed by atoms with E-state index in [4.69, 9.17) is 11.6 Å². The van der Waals surface area contributed by atoms with Crippen molar-refractivity contribution in [1.82, 2.24) is 9.58 Å². The largest absolute Gasteiger partial charge is 0.502 e. The Kier molecular flexibility index (Phi) is 5.59. The lowest BCUT2D eigenvalue weighted by atomic mass is 10.0. The summed E-state index contributed by atoms with van der Waals surface area (Å²) < 4.78 is 28.5. The second-order valence-electron chi connectivity index (χ2n) is 8.48. The summed E-state index contributed by atoms with van der Waals surface area (Å²) in [5.74, 6) is -3.52. The van der Waals surface area contributed by atoms with Gasteiger partial charge in [-0.05, 0) is 42.7 Å². The summed E-state index contributed by atoms with van der Waals surface area (Å²) in [4.78, 5) is 40.7. The topological polar surface area (TPSA) is 82.9 Å². The van der Waals surface area contributed by atoms with E-state index in [9.17, 15) is 28.3 Å². The predicted octanol–water partition coefficient (Wildman–Crippen LogP) is 3.93. The molecular weight excluding hydrogens is 480 g/mol. The molecule has 1 amide bonds. The third-order valence-electron chi connectivity index (χ3n) is 6.48. The lowest BCUT2D eigenvalue weighted by molar-refractivity contribution is 0.0590. The summed E-state index contributed by atoms with van der Waals surface area (Å²) in [6.07, 6.45) is 0.438. The number of carbonyl (C=O) groups excluding carboxylic acids is 2. The molecule has 2 aliphatic rings. The number of aromatic nitrogens is 1. The number of amides is 1. The molecule has 180 valence electrons. The molecule has 0 saturated carbocycles. The lowest BCUT2D eigenvalue weighted by Gasteiger charge is -2.43.